The summed E-state index contributed by atoms with van der Waals surface area (Å²) < 4.78 is 7.45. The second-order valence-corrected chi connectivity index (χ2v) is 6.27. The van der Waals surface area contributed by atoms with Crippen molar-refractivity contribution in [1.82, 2.24) is 24.7 Å². The van der Waals surface area contributed by atoms with E-state index in [1.54, 1.807) is 24.8 Å². The number of anilines is 1. The standard InChI is InChI=1S/C21H18N6O2/c28-20(17-12-22-21(23-13-17)29-19-4-2-1-3-5-19)26-18-8-6-16(7-9-18)10-11-27-14-24-25-15-27/h1-9,12-15H,10-11H2,(H,26,28). The molecule has 0 radical (unpaired) electrons. The predicted molar refractivity (Wildman–Crippen MR) is 107 cm³/mol. The molecule has 0 saturated carbocycles. The minimum atomic E-state index is -0.284. The van der Waals surface area contributed by atoms with Crippen molar-refractivity contribution in [1.29, 1.82) is 0 Å². The monoisotopic (exact) mass is 386 g/mol. The van der Waals surface area contributed by atoms with Gasteiger partial charge in [-0.3, -0.25) is 4.79 Å². The van der Waals surface area contributed by atoms with Crippen molar-refractivity contribution in [3.8, 4) is 11.8 Å². The highest BCUT2D eigenvalue weighted by Crippen LogP contribution is 2.17. The number of benzene rings is 2. The van der Waals surface area contributed by atoms with Crippen LogP contribution in [-0.2, 0) is 13.0 Å². The second-order valence-electron chi connectivity index (χ2n) is 6.27. The lowest BCUT2D eigenvalue weighted by molar-refractivity contribution is 0.102. The topological polar surface area (TPSA) is 94.8 Å². The van der Waals surface area contributed by atoms with Crippen molar-refractivity contribution in [3.05, 3.63) is 90.8 Å². The van der Waals surface area contributed by atoms with E-state index in [-0.39, 0.29) is 11.9 Å². The van der Waals surface area contributed by atoms with E-state index in [0.717, 1.165) is 18.5 Å². The number of aromatic nitrogens is 5. The fourth-order valence-corrected chi connectivity index (χ4v) is 2.63. The maximum absolute atomic E-state index is 12.4. The van der Waals surface area contributed by atoms with E-state index >= 15 is 0 Å². The molecule has 2 aromatic carbocycles. The molecule has 0 aliphatic rings. The Hall–Kier alpha value is -4.07. The highest BCUT2D eigenvalue weighted by molar-refractivity contribution is 6.03. The molecule has 8 nitrogen and oxygen atoms in total. The number of nitrogens with zero attached hydrogens (tertiary/aromatic N) is 5. The van der Waals surface area contributed by atoms with Crippen LogP contribution in [0.1, 0.15) is 15.9 Å². The van der Waals surface area contributed by atoms with E-state index in [4.69, 9.17) is 4.74 Å². The Morgan fingerprint density at radius 2 is 1.62 bits per heavy atom. The Balaban J connectivity index is 1.32. The number of rotatable bonds is 7. The molecule has 4 rings (SSSR count). The summed E-state index contributed by atoms with van der Waals surface area (Å²) in [5.41, 5.74) is 2.21. The number of carbonyl (C=O) groups excluding carboxylic acids is 1. The summed E-state index contributed by atoms with van der Waals surface area (Å²) in [4.78, 5) is 20.6. The lowest BCUT2D eigenvalue weighted by atomic mass is 10.1. The summed E-state index contributed by atoms with van der Waals surface area (Å²) in [7, 11) is 0. The van der Waals surface area contributed by atoms with Crippen LogP contribution in [0.4, 0.5) is 5.69 Å². The first-order valence-corrected chi connectivity index (χ1v) is 9.04. The Bertz CT molecular complexity index is 1050. The molecule has 8 heteroatoms. The molecule has 0 spiro atoms. The van der Waals surface area contributed by atoms with E-state index < -0.39 is 0 Å². The number of carbonyl (C=O) groups is 1. The average molecular weight is 386 g/mol. The maximum atomic E-state index is 12.4. The van der Waals surface area contributed by atoms with Crippen LogP contribution in [-0.4, -0.2) is 30.6 Å². The van der Waals surface area contributed by atoms with Gasteiger partial charge in [0, 0.05) is 24.6 Å². The van der Waals surface area contributed by atoms with Gasteiger partial charge in [0.05, 0.1) is 5.56 Å². The quantitative estimate of drug-likeness (QED) is 0.523. The van der Waals surface area contributed by atoms with E-state index in [0.29, 0.717) is 17.0 Å². The Morgan fingerprint density at radius 3 is 2.31 bits per heavy atom. The van der Waals surface area contributed by atoms with Gasteiger partial charge in [0.1, 0.15) is 18.4 Å². The third-order valence-electron chi connectivity index (χ3n) is 4.18. The maximum Gasteiger partial charge on any atom is 0.321 e. The van der Waals surface area contributed by atoms with E-state index in [2.05, 4.69) is 25.5 Å². The van der Waals surface area contributed by atoms with Crippen LogP contribution in [0.3, 0.4) is 0 Å². The predicted octanol–water partition coefficient (Wildman–Crippen LogP) is 3.36. The number of para-hydroxylation sites is 1. The number of hydrogen-bond donors (Lipinski definition) is 1. The van der Waals surface area contributed by atoms with Crippen molar-refractivity contribution in [2.24, 2.45) is 0 Å². The first-order chi connectivity index (χ1) is 14.3. The third kappa shape index (κ3) is 5.01. The molecule has 0 bridgehead atoms. The molecule has 1 N–H and O–H groups in total. The van der Waals surface area contributed by atoms with Crippen LogP contribution < -0.4 is 10.1 Å². The Morgan fingerprint density at radius 1 is 0.931 bits per heavy atom. The molecule has 2 heterocycles. The zero-order valence-electron chi connectivity index (χ0n) is 15.5. The Labute approximate surface area is 167 Å². The summed E-state index contributed by atoms with van der Waals surface area (Å²) in [5, 5.41) is 10.4. The molecule has 0 aliphatic heterocycles. The van der Waals surface area contributed by atoms with E-state index in [1.807, 2.05) is 47.0 Å². The van der Waals surface area contributed by atoms with Gasteiger partial charge in [-0.05, 0) is 36.2 Å². The van der Waals surface area contributed by atoms with Gasteiger partial charge in [-0.25, -0.2) is 9.97 Å². The van der Waals surface area contributed by atoms with Crippen LogP contribution in [0.5, 0.6) is 11.8 Å². The normalized spacial score (nSPS) is 10.5. The molecule has 144 valence electrons. The van der Waals surface area contributed by atoms with Crippen molar-refractivity contribution < 1.29 is 9.53 Å². The molecular formula is C21H18N6O2. The largest absolute Gasteiger partial charge is 0.424 e. The van der Waals surface area contributed by atoms with E-state index in [1.165, 1.54) is 12.4 Å². The minimum absolute atomic E-state index is 0.185. The number of amides is 1. The highest BCUT2D eigenvalue weighted by Gasteiger charge is 2.09. The fourth-order valence-electron chi connectivity index (χ4n) is 2.63. The molecule has 29 heavy (non-hydrogen) atoms. The van der Waals surface area contributed by atoms with Gasteiger partial charge in [-0.2, -0.15) is 0 Å². The van der Waals surface area contributed by atoms with Crippen molar-refractivity contribution in [2.75, 3.05) is 5.32 Å². The van der Waals surface area contributed by atoms with Gasteiger partial charge in [0.25, 0.3) is 5.91 Å². The van der Waals surface area contributed by atoms with Crippen molar-refractivity contribution in [2.45, 2.75) is 13.0 Å². The lowest BCUT2D eigenvalue weighted by Crippen LogP contribution is -2.12. The minimum Gasteiger partial charge on any atom is -0.424 e. The Kier molecular flexibility index (Phi) is 5.52. The number of aryl methyl sites for hydroxylation is 2. The molecule has 2 aromatic heterocycles. The SMILES string of the molecule is O=C(Nc1ccc(CCn2cnnc2)cc1)c1cnc(Oc2ccccc2)nc1. The van der Waals surface area contributed by atoms with Crippen LogP contribution in [0, 0.1) is 0 Å². The summed E-state index contributed by atoms with van der Waals surface area (Å²) >= 11 is 0. The third-order valence-corrected chi connectivity index (χ3v) is 4.18. The lowest BCUT2D eigenvalue weighted by Gasteiger charge is -2.07. The van der Waals surface area contributed by atoms with Gasteiger partial charge in [0.2, 0.25) is 0 Å². The number of hydrogen-bond acceptors (Lipinski definition) is 6. The van der Waals surface area contributed by atoms with Crippen molar-refractivity contribution in [3.63, 3.8) is 0 Å². The van der Waals surface area contributed by atoms with Crippen LogP contribution in [0.2, 0.25) is 0 Å². The van der Waals surface area contributed by atoms with Crippen LogP contribution in [0.25, 0.3) is 0 Å². The summed E-state index contributed by atoms with van der Waals surface area (Å²) in [6.45, 7) is 0.799. The molecule has 0 unspecified atom stereocenters. The molecule has 0 atom stereocenters. The van der Waals surface area contributed by atoms with Gasteiger partial charge in [-0.15, -0.1) is 10.2 Å². The molecule has 0 fully saturated rings. The van der Waals surface area contributed by atoms with Gasteiger partial charge < -0.3 is 14.6 Å². The van der Waals surface area contributed by atoms with Gasteiger partial charge in [-0.1, -0.05) is 30.3 Å². The summed E-state index contributed by atoms with van der Waals surface area (Å²) in [5.74, 6) is 0.350. The zero-order chi connectivity index (χ0) is 19.9. The smallest absolute Gasteiger partial charge is 0.321 e. The highest BCUT2D eigenvalue weighted by atomic mass is 16.5. The van der Waals surface area contributed by atoms with Crippen LogP contribution in [0.15, 0.2) is 79.6 Å². The summed E-state index contributed by atoms with van der Waals surface area (Å²) in [6, 6.07) is 17.1. The van der Waals surface area contributed by atoms with Gasteiger partial charge >= 0.3 is 6.01 Å². The zero-order valence-corrected chi connectivity index (χ0v) is 15.5. The van der Waals surface area contributed by atoms with Crippen LogP contribution >= 0.6 is 0 Å². The van der Waals surface area contributed by atoms with E-state index in [9.17, 15) is 4.79 Å². The molecular weight excluding hydrogens is 368 g/mol. The number of nitrogens with one attached hydrogen (secondary N) is 1. The average Bonchev–Trinajstić information content (AvgIpc) is 3.28. The first-order valence-electron chi connectivity index (χ1n) is 9.04. The number of ether oxygens (including phenoxy) is 1. The molecule has 1 amide bonds. The fraction of sp³-hybridized carbons (Fsp3) is 0.0952. The first kappa shape index (κ1) is 18.3. The van der Waals surface area contributed by atoms with Crippen molar-refractivity contribution >= 4 is 11.6 Å². The molecule has 0 saturated heterocycles. The van der Waals surface area contributed by atoms with Gasteiger partial charge in [0.15, 0.2) is 0 Å². The molecule has 0 aliphatic carbocycles. The summed E-state index contributed by atoms with van der Waals surface area (Å²) in [6.07, 6.45) is 7.10. The molecule has 4 aromatic rings. The second kappa shape index (κ2) is 8.75.